The summed E-state index contributed by atoms with van der Waals surface area (Å²) in [6.45, 7) is 4.65. The second-order valence-electron chi connectivity index (χ2n) is 6.23. The van der Waals surface area contributed by atoms with E-state index in [1.807, 2.05) is 73.3 Å². The van der Waals surface area contributed by atoms with Crippen LogP contribution in [0.5, 0.6) is 0 Å². The third kappa shape index (κ3) is 4.39. The average molecular weight is 445 g/mol. The van der Waals surface area contributed by atoms with E-state index in [1.54, 1.807) is 0 Å². The number of esters is 1. The number of hydrogen-bond donors (Lipinski definition) is 1. The Hall–Kier alpha value is -2.18. The van der Waals surface area contributed by atoms with Crippen molar-refractivity contribution in [1.29, 1.82) is 0 Å². The molecule has 0 spiro atoms. The van der Waals surface area contributed by atoms with Gasteiger partial charge in [0.15, 0.2) is 5.11 Å². The first-order valence-corrected chi connectivity index (χ1v) is 9.96. The molecule has 0 bridgehead atoms. The van der Waals surface area contributed by atoms with Gasteiger partial charge in [-0.25, -0.2) is 4.79 Å². The number of ether oxygens (including phenoxy) is 1. The highest BCUT2D eigenvalue weighted by Crippen LogP contribution is 2.32. The molecule has 3 rings (SSSR count). The molecule has 27 heavy (non-hydrogen) atoms. The van der Waals surface area contributed by atoms with Crippen LogP contribution in [0.25, 0.3) is 0 Å². The fourth-order valence-corrected chi connectivity index (χ4v) is 3.70. The van der Waals surface area contributed by atoms with Crippen LogP contribution in [0.2, 0.25) is 0 Å². The monoisotopic (exact) mass is 444 g/mol. The van der Waals surface area contributed by atoms with E-state index in [-0.39, 0.29) is 12.0 Å². The second-order valence-corrected chi connectivity index (χ2v) is 7.53. The topological polar surface area (TPSA) is 41.6 Å². The van der Waals surface area contributed by atoms with Crippen molar-refractivity contribution < 1.29 is 9.53 Å². The number of rotatable bonds is 5. The van der Waals surface area contributed by atoms with Crippen LogP contribution >= 0.6 is 28.1 Å². The van der Waals surface area contributed by atoms with Crippen molar-refractivity contribution in [3.05, 3.63) is 81.5 Å². The van der Waals surface area contributed by atoms with E-state index in [4.69, 9.17) is 17.0 Å². The minimum atomic E-state index is -0.336. The molecule has 0 aliphatic carbocycles. The lowest BCUT2D eigenvalue weighted by atomic mass is 9.95. The summed E-state index contributed by atoms with van der Waals surface area (Å²) < 4.78 is 6.33. The molecule has 6 heteroatoms. The number of thiocarbonyl (C=S) groups is 1. The average Bonchev–Trinajstić information content (AvgIpc) is 2.66. The number of carbonyl (C=O) groups excluding carboxylic acids is 1. The number of benzene rings is 2. The lowest BCUT2D eigenvalue weighted by molar-refractivity contribution is -0.139. The maximum atomic E-state index is 12.8. The summed E-state index contributed by atoms with van der Waals surface area (Å²) in [6.07, 6.45) is 0. The van der Waals surface area contributed by atoms with E-state index in [0.29, 0.717) is 23.8 Å². The summed E-state index contributed by atoms with van der Waals surface area (Å²) >= 11 is 9.08. The smallest absolute Gasteiger partial charge is 0.338 e. The lowest BCUT2D eigenvalue weighted by Crippen LogP contribution is -2.47. The SMILES string of the molecule is CCOC(=O)C1=C(C)N(Cc2ccccc2)C(=S)N[C@@H]1c1ccc(Br)cc1. The highest BCUT2D eigenvalue weighted by molar-refractivity contribution is 9.10. The van der Waals surface area contributed by atoms with Crippen molar-refractivity contribution in [2.75, 3.05) is 6.61 Å². The highest BCUT2D eigenvalue weighted by Gasteiger charge is 2.34. The summed E-state index contributed by atoms with van der Waals surface area (Å²) in [5, 5.41) is 3.92. The molecule has 2 aromatic rings. The molecule has 0 fully saturated rings. The molecule has 0 unspecified atom stereocenters. The Bertz CT molecular complexity index is 866. The summed E-state index contributed by atoms with van der Waals surface area (Å²) in [7, 11) is 0. The van der Waals surface area contributed by atoms with Crippen LogP contribution < -0.4 is 5.32 Å². The first-order chi connectivity index (χ1) is 13.0. The molecular weight excluding hydrogens is 424 g/mol. The van der Waals surface area contributed by atoms with Gasteiger partial charge in [-0.1, -0.05) is 58.4 Å². The van der Waals surface area contributed by atoms with Crippen molar-refractivity contribution in [2.45, 2.75) is 26.4 Å². The molecule has 2 aromatic carbocycles. The molecule has 4 nitrogen and oxygen atoms in total. The Kier molecular flexibility index (Phi) is 6.29. The minimum absolute atomic E-state index is 0.323. The first kappa shape index (κ1) is 19.6. The maximum Gasteiger partial charge on any atom is 0.338 e. The van der Waals surface area contributed by atoms with E-state index in [2.05, 4.69) is 21.2 Å². The molecule has 0 amide bonds. The lowest BCUT2D eigenvalue weighted by Gasteiger charge is -2.37. The van der Waals surface area contributed by atoms with E-state index >= 15 is 0 Å². The van der Waals surface area contributed by atoms with Gasteiger partial charge in [0.25, 0.3) is 0 Å². The van der Waals surface area contributed by atoms with E-state index in [1.165, 1.54) is 0 Å². The van der Waals surface area contributed by atoms with Crippen molar-refractivity contribution in [1.82, 2.24) is 10.2 Å². The number of nitrogens with one attached hydrogen (secondary N) is 1. The van der Waals surface area contributed by atoms with Gasteiger partial charge in [-0.3, -0.25) is 0 Å². The molecule has 140 valence electrons. The number of nitrogens with zero attached hydrogens (tertiary/aromatic N) is 1. The zero-order valence-electron chi connectivity index (χ0n) is 15.2. The number of carbonyl (C=O) groups is 1. The predicted molar refractivity (Wildman–Crippen MR) is 114 cm³/mol. The van der Waals surface area contributed by atoms with Crippen LogP contribution in [-0.2, 0) is 16.1 Å². The standard InChI is InChI=1S/C21H21BrN2O2S/c1-3-26-20(25)18-14(2)24(13-15-7-5-4-6-8-15)21(27)23-19(18)16-9-11-17(22)12-10-16/h4-12,19H,3,13H2,1-2H3,(H,23,27)/t19-/m1/s1. The molecule has 1 aliphatic heterocycles. The van der Waals surface area contributed by atoms with Gasteiger partial charge in [0.2, 0.25) is 0 Å². The van der Waals surface area contributed by atoms with E-state index in [0.717, 1.165) is 21.3 Å². The zero-order valence-corrected chi connectivity index (χ0v) is 17.6. The number of hydrogen-bond acceptors (Lipinski definition) is 3. The van der Waals surface area contributed by atoms with Crippen LogP contribution in [-0.4, -0.2) is 22.6 Å². The summed E-state index contributed by atoms with van der Waals surface area (Å²) in [5.41, 5.74) is 3.48. The van der Waals surface area contributed by atoms with Crippen LogP contribution in [0.1, 0.15) is 31.0 Å². The first-order valence-electron chi connectivity index (χ1n) is 8.76. The summed E-state index contributed by atoms with van der Waals surface area (Å²) in [5.74, 6) is -0.323. The molecule has 0 saturated carbocycles. The Morgan fingerprint density at radius 3 is 2.48 bits per heavy atom. The van der Waals surface area contributed by atoms with Crippen LogP contribution in [0.15, 0.2) is 70.3 Å². The summed E-state index contributed by atoms with van der Waals surface area (Å²) in [4.78, 5) is 14.7. The molecule has 0 saturated heterocycles. The molecule has 1 heterocycles. The van der Waals surface area contributed by atoms with Gasteiger partial charge in [0.05, 0.1) is 18.2 Å². The maximum absolute atomic E-state index is 12.8. The quantitative estimate of drug-likeness (QED) is 0.533. The van der Waals surface area contributed by atoms with Crippen molar-refractivity contribution in [3.63, 3.8) is 0 Å². The highest BCUT2D eigenvalue weighted by atomic mass is 79.9. The third-order valence-electron chi connectivity index (χ3n) is 4.48. The van der Waals surface area contributed by atoms with Gasteiger partial charge in [-0.2, -0.15) is 0 Å². The van der Waals surface area contributed by atoms with E-state index in [9.17, 15) is 4.79 Å². The largest absolute Gasteiger partial charge is 0.463 e. The van der Waals surface area contributed by atoms with Gasteiger partial charge in [0.1, 0.15) is 0 Å². The van der Waals surface area contributed by atoms with E-state index < -0.39 is 0 Å². The molecule has 1 aliphatic rings. The molecular formula is C21H21BrN2O2S. The van der Waals surface area contributed by atoms with Crippen LogP contribution in [0.4, 0.5) is 0 Å². The normalized spacial score (nSPS) is 16.9. The second kappa shape index (κ2) is 8.67. The summed E-state index contributed by atoms with van der Waals surface area (Å²) in [6, 6.07) is 17.6. The van der Waals surface area contributed by atoms with Crippen molar-refractivity contribution in [2.24, 2.45) is 0 Å². The predicted octanol–water partition coefficient (Wildman–Crippen LogP) is 4.72. The van der Waals surface area contributed by atoms with Gasteiger partial charge in [-0.05, 0) is 49.3 Å². The number of halogens is 1. The number of allylic oxidation sites excluding steroid dienone is 1. The fourth-order valence-electron chi connectivity index (χ4n) is 3.12. The van der Waals surface area contributed by atoms with Gasteiger partial charge >= 0.3 is 5.97 Å². The Labute approximate surface area is 173 Å². The third-order valence-corrected chi connectivity index (χ3v) is 5.35. The van der Waals surface area contributed by atoms with Gasteiger partial charge in [0, 0.05) is 16.7 Å². The molecule has 1 atom stereocenters. The fraction of sp³-hybridized carbons (Fsp3) is 0.238. The molecule has 0 aromatic heterocycles. The Morgan fingerprint density at radius 2 is 1.85 bits per heavy atom. The van der Waals surface area contributed by atoms with Crippen LogP contribution in [0.3, 0.4) is 0 Å². The minimum Gasteiger partial charge on any atom is -0.463 e. The molecule has 0 radical (unpaired) electrons. The Morgan fingerprint density at radius 1 is 1.19 bits per heavy atom. The van der Waals surface area contributed by atoms with Crippen molar-refractivity contribution in [3.8, 4) is 0 Å². The Balaban J connectivity index is 2.02. The zero-order chi connectivity index (χ0) is 19.4. The molecule has 1 N–H and O–H groups in total. The van der Waals surface area contributed by atoms with Gasteiger partial charge < -0.3 is 15.0 Å². The van der Waals surface area contributed by atoms with Crippen LogP contribution in [0, 0.1) is 0 Å². The van der Waals surface area contributed by atoms with Crippen molar-refractivity contribution >= 4 is 39.2 Å². The van der Waals surface area contributed by atoms with Gasteiger partial charge in [-0.15, -0.1) is 0 Å².